The second kappa shape index (κ2) is 5.09. The van der Waals surface area contributed by atoms with E-state index in [0.717, 1.165) is 25.6 Å². The molecule has 3 nitrogen and oxygen atoms in total. The van der Waals surface area contributed by atoms with Crippen LogP contribution in [0.2, 0.25) is 0 Å². The van der Waals surface area contributed by atoms with Gasteiger partial charge in [-0.3, -0.25) is 4.68 Å². The summed E-state index contributed by atoms with van der Waals surface area (Å²) in [6.45, 7) is 1.83. The molecular formula is C14H15F2N3. The van der Waals surface area contributed by atoms with E-state index in [1.165, 1.54) is 18.6 Å². The predicted molar refractivity (Wildman–Crippen MR) is 68.6 cm³/mol. The van der Waals surface area contributed by atoms with Crippen molar-refractivity contribution in [2.75, 3.05) is 6.54 Å². The predicted octanol–water partition coefficient (Wildman–Crippen LogP) is 2.58. The molecule has 1 aliphatic rings. The SMILES string of the molecule is Fc1ccc(-c2cnn(CC3CCCN3)c2)c(F)c1. The van der Waals surface area contributed by atoms with E-state index in [1.54, 1.807) is 17.1 Å². The number of hydrogen-bond donors (Lipinski definition) is 1. The second-order valence-electron chi connectivity index (χ2n) is 4.87. The molecule has 100 valence electrons. The molecule has 0 radical (unpaired) electrons. The van der Waals surface area contributed by atoms with Gasteiger partial charge in [-0.2, -0.15) is 5.10 Å². The fraction of sp³-hybridized carbons (Fsp3) is 0.357. The minimum atomic E-state index is -0.566. The van der Waals surface area contributed by atoms with E-state index < -0.39 is 11.6 Å². The first-order valence-electron chi connectivity index (χ1n) is 6.43. The van der Waals surface area contributed by atoms with Crippen LogP contribution in [0.4, 0.5) is 8.78 Å². The quantitative estimate of drug-likeness (QED) is 0.922. The number of nitrogens with one attached hydrogen (secondary N) is 1. The minimum Gasteiger partial charge on any atom is -0.312 e. The van der Waals surface area contributed by atoms with E-state index in [9.17, 15) is 8.78 Å². The zero-order chi connectivity index (χ0) is 13.2. The van der Waals surface area contributed by atoms with E-state index in [1.807, 2.05) is 0 Å². The Morgan fingerprint density at radius 3 is 3.00 bits per heavy atom. The maximum Gasteiger partial charge on any atom is 0.134 e. The highest BCUT2D eigenvalue weighted by molar-refractivity contribution is 5.62. The molecule has 2 aromatic rings. The molecule has 0 aliphatic carbocycles. The molecule has 0 saturated carbocycles. The second-order valence-corrected chi connectivity index (χ2v) is 4.87. The minimum absolute atomic E-state index is 0.382. The Morgan fingerprint density at radius 1 is 1.37 bits per heavy atom. The van der Waals surface area contributed by atoms with Crippen LogP contribution >= 0.6 is 0 Å². The number of halogens is 2. The highest BCUT2D eigenvalue weighted by Crippen LogP contribution is 2.23. The maximum absolute atomic E-state index is 13.7. The van der Waals surface area contributed by atoms with Crippen molar-refractivity contribution in [2.45, 2.75) is 25.4 Å². The normalized spacial score (nSPS) is 18.9. The third-order valence-corrected chi connectivity index (χ3v) is 3.45. The molecule has 1 unspecified atom stereocenters. The highest BCUT2D eigenvalue weighted by Gasteiger charge is 2.15. The average Bonchev–Trinajstić information content (AvgIpc) is 3.01. The Bertz CT molecular complexity index is 574. The lowest BCUT2D eigenvalue weighted by atomic mass is 10.1. The molecule has 3 rings (SSSR count). The molecule has 1 aromatic heterocycles. The van der Waals surface area contributed by atoms with Crippen molar-refractivity contribution in [1.29, 1.82) is 0 Å². The standard InChI is InChI=1S/C14H15F2N3/c15-11-3-4-13(14(16)6-11)10-7-18-19(8-10)9-12-2-1-5-17-12/h3-4,6-8,12,17H,1-2,5,9H2. The van der Waals surface area contributed by atoms with Gasteiger partial charge < -0.3 is 5.32 Å². The number of benzene rings is 1. The Balaban J connectivity index is 1.80. The van der Waals surface area contributed by atoms with Crippen LogP contribution < -0.4 is 5.32 Å². The van der Waals surface area contributed by atoms with Crippen molar-refractivity contribution in [3.63, 3.8) is 0 Å². The summed E-state index contributed by atoms with van der Waals surface area (Å²) in [5.41, 5.74) is 1.06. The number of nitrogens with zero attached hydrogens (tertiary/aromatic N) is 2. The van der Waals surface area contributed by atoms with Crippen molar-refractivity contribution in [2.24, 2.45) is 0 Å². The van der Waals surface area contributed by atoms with Gasteiger partial charge in [-0.15, -0.1) is 0 Å². The van der Waals surface area contributed by atoms with Crippen LogP contribution in [0.25, 0.3) is 11.1 Å². The van der Waals surface area contributed by atoms with Crippen LogP contribution in [0, 0.1) is 11.6 Å². The summed E-state index contributed by atoms with van der Waals surface area (Å²) in [5.74, 6) is -1.12. The molecule has 1 aliphatic heterocycles. The molecule has 1 fully saturated rings. The molecule has 0 bridgehead atoms. The molecule has 1 saturated heterocycles. The monoisotopic (exact) mass is 263 g/mol. The molecule has 0 amide bonds. The summed E-state index contributed by atoms with van der Waals surface area (Å²) in [5, 5.41) is 7.62. The van der Waals surface area contributed by atoms with Gasteiger partial charge in [0.2, 0.25) is 0 Å². The van der Waals surface area contributed by atoms with Gasteiger partial charge in [0.25, 0.3) is 0 Å². The molecule has 0 spiro atoms. The van der Waals surface area contributed by atoms with Gasteiger partial charge in [0.1, 0.15) is 11.6 Å². The summed E-state index contributed by atoms with van der Waals surface area (Å²) >= 11 is 0. The van der Waals surface area contributed by atoms with E-state index in [0.29, 0.717) is 17.2 Å². The summed E-state index contributed by atoms with van der Waals surface area (Å²) in [6.07, 6.45) is 5.74. The largest absolute Gasteiger partial charge is 0.312 e. The van der Waals surface area contributed by atoms with Crippen LogP contribution in [0.5, 0.6) is 0 Å². The van der Waals surface area contributed by atoms with Crippen LogP contribution in [-0.4, -0.2) is 22.4 Å². The van der Waals surface area contributed by atoms with Gasteiger partial charge in [-0.25, -0.2) is 8.78 Å². The van der Waals surface area contributed by atoms with Crippen LogP contribution in [-0.2, 0) is 6.54 Å². The van der Waals surface area contributed by atoms with Crippen molar-refractivity contribution < 1.29 is 8.78 Å². The van der Waals surface area contributed by atoms with Crippen LogP contribution in [0.15, 0.2) is 30.6 Å². The molecule has 5 heteroatoms. The lowest BCUT2D eigenvalue weighted by molar-refractivity contribution is 0.476. The molecule has 2 heterocycles. The Kier molecular flexibility index (Phi) is 3.29. The van der Waals surface area contributed by atoms with E-state index >= 15 is 0 Å². The molecule has 19 heavy (non-hydrogen) atoms. The van der Waals surface area contributed by atoms with Crippen molar-refractivity contribution in [1.82, 2.24) is 15.1 Å². The summed E-state index contributed by atoms with van der Waals surface area (Å²) < 4.78 is 28.3. The third kappa shape index (κ3) is 2.66. The number of hydrogen-bond acceptors (Lipinski definition) is 2. The van der Waals surface area contributed by atoms with Crippen molar-refractivity contribution in [3.05, 3.63) is 42.2 Å². The average molecular weight is 263 g/mol. The van der Waals surface area contributed by atoms with E-state index in [4.69, 9.17) is 0 Å². The maximum atomic E-state index is 13.7. The Labute approximate surface area is 110 Å². The van der Waals surface area contributed by atoms with Gasteiger partial charge in [0, 0.05) is 29.4 Å². The number of aromatic nitrogens is 2. The van der Waals surface area contributed by atoms with Gasteiger partial charge in [-0.05, 0) is 31.5 Å². The van der Waals surface area contributed by atoms with E-state index in [-0.39, 0.29) is 0 Å². The lowest BCUT2D eigenvalue weighted by Crippen LogP contribution is -2.26. The number of rotatable bonds is 3. The van der Waals surface area contributed by atoms with E-state index in [2.05, 4.69) is 10.4 Å². The smallest absolute Gasteiger partial charge is 0.134 e. The Hall–Kier alpha value is -1.75. The highest BCUT2D eigenvalue weighted by atomic mass is 19.1. The van der Waals surface area contributed by atoms with Gasteiger partial charge in [0.05, 0.1) is 12.7 Å². The summed E-state index contributed by atoms with van der Waals surface area (Å²) in [7, 11) is 0. The molecule has 1 aromatic carbocycles. The first-order chi connectivity index (χ1) is 9.22. The zero-order valence-electron chi connectivity index (χ0n) is 10.4. The van der Waals surface area contributed by atoms with Crippen molar-refractivity contribution in [3.8, 4) is 11.1 Å². The lowest BCUT2D eigenvalue weighted by Gasteiger charge is -2.09. The van der Waals surface area contributed by atoms with Crippen LogP contribution in [0.1, 0.15) is 12.8 Å². The first kappa shape index (κ1) is 12.3. The fourth-order valence-electron chi connectivity index (χ4n) is 2.46. The Morgan fingerprint density at radius 2 is 2.26 bits per heavy atom. The summed E-state index contributed by atoms with van der Waals surface area (Å²) in [6, 6.07) is 4.03. The molecule has 1 atom stereocenters. The fourth-order valence-corrected chi connectivity index (χ4v) is 2.46. The molecular weight excluding hydrogens is 248 g/mol. The first-order valence-corrected chi connectivity index (χ1v) is 6.43. The van der Waals surface area contributed by atoms with Crippen LogP contribution in [0.3, 0.4) is 0 Å². The molecule has 1 N–H and O–H groups in total. The topological polar surface area (TPSA) is 29.9 Å². The van der Waals surface area contributed by atoms with Gasteiger partial charge >= 0.3 is 0 Å². The third-order valence-electron chi connectivity index (χ3n) is 3.45. The zero-order valence-corrected chi connectivity index (χ0v) is 10.4. The van der Waals surface area contributed by atoms with Crippen molar-refractivity contribution >= 4 is 0 Å². The van der Waals surface area contributed by atoms with Gasteiger partial charge in [0.15, 0.2) is 0 Å². The summed E-state index contributed by atoms with van der Waals surface area (Å²) in [4.78, 5) is 0. The van der Waals surface area contributed by atoms with Gasteiger partial charge in [-0.1, -0.05) is 0 Å².